The van der Waals surface area contributed by atoms with E-state index in [4.69, 9.17) is 0 Å². The Balaban J connectivity index is 1.49. The normalized spacial score (nSPS) is 20.2. The number of anilines is 1. The SMILES string of the molecule is O=C(NC1=NCCS1)Nc1ccc2c(c1)C(=O)N(C1CCCCC1)C2=O. The van der Waals surface area contributed by atoms with Gasteiger partial charge in [-0.05, 0) is 31.0 Å². The van der Waals surface area contributed by atoms with Crippen molar-refractivity contribution in [1.29, 1.82) is 0 Å². The number of aliphatic imine (C=N–C) groups is 1. The predicted molar refractivity (Wildman–Crippen MR) is 101 cm³/mol. The van der Waals surface area contributed by atoms with E-state index >= 15 is 0 Å². The number of carbonyl (C=O) groups excluding carboxylic acids is 3. The molecule has 0 atom stereocenters. The van der Waals surface area contributed by atoms with Crippen LogP contribution in [0.15, 0.2) is 23.2 Å². The maximum absolute atomic E-state index is 12.8. The molecule has 2 N–H and O–H groups in total. The Bertz CT molecular complexity index is 802. The highest BCUT2D eigenvalue weighted by Gasteiger charge is 2.40. The summed E-state index contributed by atoms with van der Waals surface area (Å²) in [6.07, 6.45) is 5.00. The Kier molecular flexibility index (Phi) is 4.67. The monoisotopic (exact) mass is 372 g/mol. The van der Waals surface area contributed by atoms with E-state index < -0.39 is 6.03 Å². The second-order valence-electron chi connectivity index (χ2n) is 6.65. The van der Waals surface area contributed by atoms with Crippen molar-refractivity contribution in [1.82, 2.24) is 10.2 Å². The molecule has 1 aromatic carbocycles. The molecule has 1 fully saturated rings. The minimum absolute atomic E-state index is 0.00624. The quantitative estimate of drug-likeness (QED) is 0.781. The third-order valence-electron chi connectivity index (χ3n) is 4.92. The zero-order valence-electron chi connectivity index (χ0n) is 14.3. The molecule has 0 saturated heterocycles. The lowest BCUT2D eigenvalue weighted by atomic mass is 9.94. The van der Waals surface area contributed by atoms with Crippen molar-refractivity contribution >= 4 is 40.5 Å². The standard InChI is InChI=1S/C18H20N4O3S/c23-15-13-7-6-11(20-17(25)21-18-19-8-9-26-18)10-14(13)16(24)22(15)12-4-2-1-3-5-12/h6-7,10,12H,1-5,8-9H2,(H2,19,20,21,25). The Morgan fingerprint density at radius 1 is 1.08 bits per heavy atom. The van der Waals surface area contributed by atoms with Gasteiger partial charge in [-0.25, -0.2) is 4.79 Å². The number of benzene rings is 1. The molecule has 0 aromatic heterocycles. The van der Waals surface area contributed by atoms with Crippen LogP contribution < -0.4 is 10.6 Å². The summed E-state index contributed by atoms with van der Waals surface area (Å²) in [4.78, 5) is 43.1. The molecule has 7 nitrogen and oxygen atoms in total. The number of nitrogens with one attached hydrogen (secondary N) is 2. The fourth-order valence-electron chi connectivity index (χ4n) is 3.68. The molecule has 2 aliphatic heterocycles. The zero-order valence-corrected chi connectivity index (χ0v) is 15.1. The molecular formula is C18H20N4O3S. The zero-order chi connectivity index (χ0) is 18.1. The van der Waals surface area contributed by atoms with E-state index in [-0.39, 0.29) is 17.9 Å². The topological polar surface area (TPSA) is 90.9 Å². The van der Waals surface area contributed by atoms with Crippen LogP contribution in [0, 0.1) is 0 Å². The Labute approximate surface area is 155 Å². The number of urea groups is 1. The molecule has 2 heterocycles. The van der Waals surface area contributed by atoms with Gasteiger partial charge in [0.1, 0.15) is 0 Å². The summed E-state index contributed by atoms with van der Waals surface area (Å²) in [6, 6.07) is 4.45. The average molecular weight is 372 g/mol. The van der Waals surface area contributed by atoms with Gasteiger partial charge in [0, 0.05) is 17.5 Å². The van der Waals surface area contributed by atoms with Crippen LogP contribution in [0.5, 0.6) is 0 Å². The number of amides is 4. The van der Waals surface area contributed by atoms with Crippen molar-refractivity contribution in [3.8, 4) is 0 Å². The predicted octanol–water partition coefficient (Wildman–Crippen LogP) is 2.84. The van der Waals surface area contributed by atoms with E-state index in [9.17, 15) is 14.4 Å². The number of fused-ring (bicyclic) bond motifs is 1. The second kappa shape index (κ2) is 7.11. The van der Waals surface area contributed by atoms with Gasteiger partial charge in [-0.3, -0.25) is 24.8 Å². The Morgan fingerprint density at radius 2 is 1.85 bits per heavy atom. The molecule has 0 unspecified atom stereocenters. The van der Waals surface area contributed by atoms with Crippen LogP contribution in [0.25, 0.3) is 0 Å². The molecule has 4 amide bonds. The van der Waals surface area contributed by atoms with Crippen molar-refractivity contribution in [2.24, 2.45) is 4.99 Å². The van der Waals surface area contributed by atoms with Crippen molar-refractivity contribution in [3.63, 3.8) is 0 Å². The first kappa shape index (κ1) is 17.1. The van der Waals surface area contributed by atoms with E-state index in [1.165, 1.54) is 16.7 Å². The highest BCUT2D eigenvalue weighted by Crippen LogP contribution is 2.32. The molecule has 136 valence electrons. The number of hydrogen-bond donors (Lipinski definition) is 2. The van der Waals surface area contributed by atoms with Crippen molar-refractivity contribution in [2.75, 3.05) is 17.6 Å². The van der Waals surface area contributed by atoms with E-state index in [1.54, 1.807) is 18.2 Å². The summed E-state index contributed by atoms with van der Waals surface area (Å²) >= 11 is 1.49. The summed E-state index contributed by atoms with van der Waals surface area (Å²) < 4.78 is 0. The number of nitrogens with zero attached hydrogens (tertiary/aromatic N) is 2. The van der Waals surface area contributed by atoms with Crippen molar-refractivity contribution in [2.45, 2.75) is 38.1 Å². The number of amidine groups is 1. The minimum Gasteiger partial charge on any atom is -0.308 e. The largest absolute Gasteiger partial charge is 0.325 e. The van der Waals surface area contributed by atoms with Gasteiger partial charge in [-0.1, -0.05) is 31.0 Å². The van der Waals surface area contributed by atoms with Gasteiger partial charge >= 0.3 is 6.03 Å². The Morgan fingerprint density at radius 3 is 2.58 bits per heavy atom. The first-order chi connectivity index (χ1) is 12.6. The molecule has 1 saturated carbocycles. The fourth-order valence-corrected chi connectivity index (χ4v) is 4.40. The van der Waals surface area contributed by atoms with Gasteiger partial charge in [0.25, 0.3) is 11.8 Å². The van der Waals surface area contributed by atoms with Crippen molar-refractivity contribution in [3.05, 3.63) is 29.3 Å². The molecule has 26 heavy (non-hydrogen) atoms. The van der Waals surface area contributed by atoms with E-state index in [0.717, 1.165) is 37.9 Å². The number of thioether (sulfide) groups is 1. The van der Waals surface area contributed by atoms with E-state index in [2.05, 4.69) is 15.6 Å². The number of imide groups is 1. The lowest BCUT2D eigenvalue weighted by Crippen LogP contribution is -2.40. The molecule has 3 aliphatic rings. The smallest absolute Gasteiger partial charge is 0.308 e. The molecule has 0 spiro atoms. The number of rotatable bonds is 2. The summed E-state index contributed by atoms with van der Waals surface area (Å²) in [5, 5.41) is 5.97. The van der Waals surface area contributed by atoms with Crippen LogP contribution >= 0.6 is 11.8 Å². The number of hydrogen-bond acceptors (Lipinski definition) is 5. The summed E-state index contributed by atoms with van der Waals surface area (Å²) in [5.41, 5.74) is 1.27. The van der Waals surface area contributed by atoms with Crippen LogP contribution in [0.4, 0.5) is 10.5 Å². The molecular weight excluding hydrogens is 352 g/mol. The number of carbonyl (C=O) groups is 3. The maximum atomic E-state index is 12.8. The van der Waals surface area contributed by atoms with Crippen LogP contribution in [-0.2, 0) is 0 Å². The van der Waals surface area contributed by atoms with E-state index in [0.29, 0.717) is 28.5 Å². The van der Waals surface area contributed by atoms with Gasteiger partial charge in [0.2, 0.25) is 0 Å². The summed E-state index contributed by atoms with van der Waals surface area (Å²) in [5.74, 6) is 0.392. The molecule has 1 aliphatic carbocycles. The summed E-state index contributed by atoms with van der Waals surface area (Å²) in [7, 11) is 0. The van der Waals surface area contributed by atoms with Crippen LogP contribution in [-0.4, -0.2) is 46.3 Å². The molecule has 8 heteroatoms. The van der Waals surface area contributed by atoms with Gasteiger partial charge in [0.15, 0.2) is 5.17 Å². The van der Waals surface area contributed by atoms with Gasteiger partial charge < -0.3 is 5.32 Å². The molecule has 1 aromatic rings. The van der Waals surface area contributed by atoms with Gasteiger partial charge in [-0.2, -0.15) is 0 Å². The second-order valence-corrected chi connectivity index (χ2v) is 7.73. The lowest BCUT2D eigenvalue weighted by Gasteiger charge is -2.29. The molecule has 4 rings (SSSR count). The van der Waals surface area contributed by atoms with E-state index in [1.807, 2.05) is 0 Å². The first-order valence-electron chi connectivity index (χ1n) is 8.90. The third-order valence-corrected chi connectivity index (χ3v) is 5.81. The van der Waals surface area contributed by atoms with Crippen LogP contribution in [0.3, 0.4) is 0 Å². The average Bonchev–Trinajstić information content (AvgIpc) is 3.23. The lowest BCUT2D eigenvalue weighted by molar-refractivity contribution is 0.0549. The molecule has 0 bridgehead atoms. The van der Waals surface area contributed by atoms with Crippen LogP contribution in [0.1, 0.15) is 52.8 Å². The van der Waals surface area contributed by atoms with Crippen LogP contribution in [0.2, 0.25) is 0 Å². The van der Waals surface area contributed by atoms with Gasteiger partial charge in [0.05, 0.1) is 17.7 Å². The fraction of sp³-hybridized carbons (Fsp3) is 0.444. The minimum atomic E-state index is -0.404. The third kappa shape index (κ3) is 3.21. The maximum Gasteiger partial charge on any atom is 0.325 e. The highest BCUT2D eigenvalue weighted by atomic mass is 32.2. The highest BCUT2D eigenvalue weighted by molar-refractivity contribution is 8.14. The Hall–Kier alpha value is -2.35. The van der Waals surface area contributed by atoms with Gasteiger partial charge in [-0.15, -0.1) is 0 Å². The first-order valence-corrected chi connectivity index (χ1v) is 9.89. The van der Waals surface area contributed by atoms with Crippen molar-refractivity contribution < 1.29 is 14.4 Å². The molecule has 0 radical (unpaired) electrons. The summed E-state index contributed by atoms with van der Waals surface area (Å²) in [6.45, 7) is 0.701.